The van der Waals surface area contributed by atoms with Gasteiger partial charge in [-0.15, -0.1) is 0 Å². The summed E-state index contributed by atoms with van der Waals surface area (Å²) in [4.78, 5) is 0.290. The number of nitrogens with two attached hydrogens (primary N) is 1. The van der Waals surface area contributed by atoms with E-state index in [1.54, 1.807) is 24.3 Å². The molecule has 19 heavy (non-hydrogen) atoms. The first kappa shape index (κ1) is 14.1. The molecule has 2 rings (SSSR count). The van der Waals surface area contributed by atoms with Crippen molar-refractivity contribution in [2.45, 2.75) is 36.6 Å². The molecule has 3 N–H and O–H groups in total. The van der Waals surface area contributed by atoms with E-state index in [4.69, 9.17) is 5.73 Å². The van der Waals surface area contributed by atoms with E-state index in [1.165, 1.54) is 0 Å². The second-order valence-electron chi connectivity index (χ2n) is 4.63. The van der Waals surface area contributed by atoms with Gasteiger partial charge in [-0.2, -0.15) is 0 Å². The lowest BCUT2D eigenvalue weighted by molar-refractivity contribution is 0.552. The van der Waals surface area contributed by atoms with Crippen molar-refractivity contribution >= 4 is 10.0 Å². The molecule has 0 saturated heterocycles. The molecule has 0 heterocycles. The van der Waals surface area contributed by atoms with Crippen LogP contribution in [-0.2, 0) is 10.0 Å². The third-order valence-electron chi connectivity index (χ3n) is 3.18. The maximum Gasteiger partial charge on any atom is 0.240 e. The minimum Gasteiger partial charge on any atom is -0.320 e. The SMILES string of the molecule is NCC#Cc1ccc(S(=O)(=O)NC2CCCC2)cc1. The molecule has 102 valence electrons. The Balaban J connectivity index is 2.11. The molecule has 0 atom stereocenters. The highest BCUT2D eigenvalue weighted by atomic mass is 32.2. The lowest BCUT2D eigenvalue weighted by atomic mass is 10.2. The smallest absolute Gasteiger partial charge is 0.240 e. The number of hydrogen-bond acceptors (Lipinski definition) is 3. The molecule has 0 aromatic heterocycles. The van der Waals surface area contributed by atoms with Crippen molar-refractivity contribution in [3.8, 4) is 11.8 Å². The van der Waals surface area contributed by atoms with Crippen LogP contribution in [0, 0.1) is 11.8 Å². The van der Waals surface area contributed by atoms with E-state index in [2.05, 4.69) is 16.6 Å². The molecule has 1 fully saturated rings. The van der Waals surface area contributed by atoms with Crippen molar-refractivity contribution in [2.75, 3.05) is 6.54 Å². The molecule has 0 amide bonds. The van der Waals surface area contributed by atoms with Crippen LogP contribution in [0.15, 0.2) is 29.2 Å². The number of nitrogens with one attached hydrogen (secondary N) is 1. The van der Waals surface area contributed by atoms with Gasteiger partial charge in [-0.3, -0.25) is 0 Å². The van der Waals surface area contributed by atoms with Crippen molar-refractivity contribution < 1.29 is 8.42 Å². The van der Waals surface area contributed by atoms with Gasteiger partial charge in [-0.1, -0.05) is 24.7 Å². The molecule has 1 aromatic carbocycles. The summed E-state index contributed by atoms with van der Waals surface area (Å²) in [5, 5.41) is 0. The minimum absolute atomic E-state index is 0.0849. The van der Waals surface area contributed by atoms with Crippen molar-refractivity contribution in [1.82, 2.24) is 4.72 Å². The molecule has 1 saturated carbocycles. The van der Waals surface area contributed by atoms with Gasteiger partial charge < -0.3 is 5.73 Å². The van der Waals surface area contributed by atoms with Gasteiger partial charge in [0.15, 0.2) is 0 Å². The Hall–Kier alpha value is -1.35. The summed E-state index contributed by atoms with van der Waals surface area (Å²) in [5.41, 5.74) is 6.06. The summed E-state index contributed by atoms with van der Waals surface area (Å²) < 4.78 is 27.0. The van der Waals surface area contributed by atoms with Crippen LogP contribution >= 0.6 is 0 Å². The van der Waals surface area contributed by atoms with E-state index in [1.807, 2.05) is 0 Å². The quantitative estimate of drug-likeness (QED) is 0.817. The molecular formula is C14H18N2O2S. The van der Waals surface area contributed by atoms with Crippen LogP contribution in [0.25, 0.3) is 0 Å². The van der Waals surface area contributed by atoms with Crippen LogP contribution in [-0.4, -0.2) is 21.0 Å². The zero-order chi connectivity index (χ0) is 13.7. The van der Waals surface area contributed by atoms with E-state index < -0.39 is 10.0 Å². The summed E-state index contributed by atoms with van der Waals surface area (Å²) in [6, 6.07) is 6.65. The molecule has 5 heteroatoms. The molecule has 1 aromatic rings. The predicted octanol–water partition coefficient (Wildman–Crippen LogP) is 1.22. The molecule has 1 aliphatic carbocycles. The summed E-state index contributed by atoms with van der Waals surface area (Å²) in [7, 11) is -3.40. The van der Waals surface area contributed by atoms with E-state index >= 15 is 0 Å². The van der Waals surface area contributed by atoms with Crippen LogP contribution in [0.2, 0.25) is 0 Å². The maximum atomic E-state index is 12.1. The Morgan fingerprint density at radius 1 is 1.21 bits per heavy atom. The zero-order valence-corrected chi connectivity index (χ0v) is 11.5. The number of sulfonamides is 1. The summed E-state index contributed by atoms with van der Waals surface area (Å²) in [6.07, 6.45) is 4.06. The molecule has 0 aliphatic heterocycles. The van der Waals surface area contributed by atoms with Crippen LogP contribution in [0.3, 0.4) is 0 Å². The van der Waals surface area contributed by atoms with Crippen molar-refractivity contribution in [3.05, 3.63) is 29.8 Å². The van der Waals surface area contributed by atoms with Gasteiger partial charge in [0, 0.05) is 11.6 Å². The molecule has 0 bridgehead atoms. The number of benzene rings is 1. The highest BCUT2D eigenvalue weighted by molar-refractivity contribution is 7.89. The van der Waals surface area contributed by atoms with E-state index in [0.29, 0.717) is 6.54 Å². The van der Waals surface area contributed by atoms with Gasteiger partial charge in [0.2, 0.25) is 10.0 Å². The average Bonchev–Trinajstić information content (AvgIpc) is 2.89. The monoisotopic (exact) mass is 278 g/mol. The first-order chi connectivity index (χ1) is 9.12. The summed E-state index contributed by atoms with van der Waals surface area (Å²) >= 11 is 0. The Labute approximate surface area is 114 Å². The molecule has 0 spiro atoms. The Kier molecular flexibility index (Phi) is 4.59. The van der Waals surface area contributed by atoms with Gasteiger partial charge in [0.1, 0.15) is 0 Å². The van der Waals surface area contributed by atoms with Crippen LogP contribution in [0.5, 0.6) is 0 Å². The predicted molar refractivity (Wildman–Crippen MR) is 75.0 cm³/mol. The third-order valence-corrected chi connectivity index (χ3v) is 4.71. The molecule has 1 aliphatic rings. The largest absolute Gasteiger partial charge is 0.320 e. The average molecular weight is 278 g/mol. The fourth-order valence-corrected chi connectivity index (χ4v) is 3.51. The highest BCUT2D eigenvalue weighted by Gasteiger charge is 2.22. The topological polar surface area (TPSA) is 72.2 Å². The van der Waals surface area contributed by atoms with E-state index in [-0.39, 0.29) is 10.9 Å². The minimum atomic E-state index is -3.40. The van der Waals surface area contributed by atoms with Gasteiger partial charge in [-0.05, 0) is 37.1 Å². The summed E-state index contributed by atoms with van der Waals surface area (Å²) in [5.74, 6) is 5.60. The van der Waals surface area contributed by atoms with Gasteiger partial charge in [-0.25, -0.2) is 13.1 Å². The third kappa shape index (κ3) is 3.80. The molecule has 4 nitrogen and oxygen atoms in total. The lowest BCUT2D eigenvalue weighted by Crippen LogP contribution is -2.32. The van der Waals surface area contributed by atoms with Gasteiger partial charge in [0.25, 0.3) is 0 Å². The first-order valence-electron chi connectivity index (χ1n) is 6.43. The standard InChI is InChI=1S/C14H18N2O2S/c15-11-3-4-12-7-9-14(10-8-12)19(17,18)16-13-5-1-2-6-13/h7-10,13,16H,1-2,5-6,11,15H2. The molecule has 0 unspecified atom stereocenters. The van der Waals surface area contributed by atoms with Gasteiger partial charge in [0.05, 0.1) is 11.4 Å². The van der Waals surface area contributed by atoms with Crippen LogP contribution in [0.1, 0.15) is 31.2 Å². The van der Waals surface area contributed by atoms with E-state index in [9.17, 15) is 8.42 Å². The zero-order valence-electron chi connectivity index (χ0n) is 10.7. The van der Waals surface area contributed by atoms with Crippen molar-refractivity contribution in [3.63, 3.8) is 0 Å². The second-order valence-corrected chi connectivity index (χ2v) is 6.35. The van der Waals surface area contributed by atoms with Crippen LogP contribution in [0.4, 0.5) is 0 Å². The van der Waals surface area contributed by atoms with Crippen LogP contribution < -0.4 is 10.5 Å². The van der Waals surface area contributed by atoms with E-state index in [0.717, 1.165) is 31.2 Å². The molecular weight excluding hydrogens is 260 g/mol. The van der Waals surface area contributed by atoms with Crippen molar-refractivity contribution in [1.29, 1.82) is 0 Å². The van der Waals surface area contributed by atoms with Gasteiger partial charge >= 0.3 is 0 Å². The summed E-state index contributed by atoms with van der Waals surface area (Å²) in [6.45, 7) is 0.295. The first-order valence-corrected chi connectivity index (χ1v) is 7.91. The number of rotatable bonds is 3. The normalized spacial score (nSPS) is 16.1. The maximum absolute atomic E-state index is 12.1. The highest BCUT2D eigenvalue weighted by Crippen LogP contribution is 2.20. The second kappa shape index (κ2) is 6.20. The van der Waals surface area contributed by atoms with Crippen molar-refractivity contribution in [2.24, 2.45) is 5.73 Å². The molecule has 0 radical (unpaired) electrons. The fourth-order valence-electron chi connectivity index (χ4n) is 2.20. The fraction of sp³-hybridized carbons (Fsp3) is 0.429. The Morgan fingerprint density at radius 2 is 1.84 bits per heavy atom. The lowest BCUT2D eigenvalue weighted by Gasteiger charge is -2.12. The Bertz CT molecular complexity index is 576. The number of hydrogen-bond donors (Lipinski definition) is 2. The Morgan fingerprint density at radius 3 is 2.42 bits per heavy atom.